The highest BCUT2D eigenvalue weighted by Crippen LogP contribution is 2.37. The lowest BCUT2D eigenvalue weighted by Gasteiger charge is -2.17. The van der Waals surface area contributed by atoms with Crippen molar-refractivity contribution < 1.29 is 14.0 Å². The summed E-state index contributed by atoms with van der Waals surface area (Å²) in [7, 11) is 3.11. The van der Waals surface area contributed by atoms with Gasteiger partial charge in [0, 0.05) is 6.08 Å². The Balaban J connectivity index is 1.81. The van der Waals surface area contributed by atoms with Gasteiger partial charge in [-0.25, -0.2) is 0 Å². The molecule has 1 heterocycles. The van der Waals surface area contributed by atoms with Crippen LogP contribution in [0.25, 0.3) is 12.2 Å². The van der Waals surface area contributed by atoms with E-state index in [9.17, 15) is 0 Å². The number of halogens is 1. The van der Waals surface area contributed by atoms with E-state index in [4.69, 9.17) is 31.3 Å². The molecule has 1 aromatic heterocycles. The molecular weight excluding hydrogens is 330 g/mol. The Bertz CT molecular complexity index is 752. The Labute approximate surface area is 145 Å². The molecule has 0 amide bonds. The van der Waals surface area contributed by atoms with Crippen LogP contribution in [0.2, 0.25) is 5.02 Å². The highest BCUT2D eigenvalue weighted by molar-refractivity contribution is 6.32. The molecule has 2 N–H and O–H groups in total. The van der Waals surface area contributed by atoms with E-state index < -0.39 is 5.54 Å². The van der Waals surface area contributed by atoms with Gasteiger partial charge in [0.1, 0.15) is 0 Å². The van der Waals surface area contributed by atoms with Crippen molar-refractivity contribution >= 4 is 23.8 Å². The van der Waals surface area contributed by atoms with Crippen LogP contribution in [0.5, 0.6) is 11.5 Å². The molecule has 1 fully saturated rings. The Hall–Kier alpha value is -2.05. The number of hydrogen-bond donors (Lipinski definition) is 1. The van der Waals surface area contributed by atoms with Gasteiger partial charge in [0.25, 0.3) is 5.89 Å². The predicted molar refractivity (Wildman–Crippen MR) is 92.1 cm³/mol. The van der Waals surface area contributed by atoms with Gasteiger partial charge in [0.05, 0.1) is 24.8 Å². The molecule has 1 aliphatic carbocycles. The first-order chi connectivity index (χ1) is 11.6. The van der Waals surface area contributed by atoms with Crippen molar-refractivity contribution in [1.29, 1.82) is 0 Å². The summed E-state index contributed by atoms with van der Waals surface area (Å²) in [6, 6.07) is 3.60. The minimum Gasteiger partial charge on any atom is -0.493 e. The Kier molecular flexibility index (Phi) is 4.78. The van der Waals surface area contributed by atoms with Crippen LogP contribution in [0, 0.1) is 0 Å². The highest BCUT2D eigenvalue weighted by Gasteiger charge is 2.35. The van der Waals surface area contributed by atoms with E-state index in [0.717, 1.165) is 31.2 Å². The van der Waals surface area contributed by atoms with Gasteiger partial charge in [0.2, 0.25) is 0 Å². The van der Waals surface area contributed by atoms with Gasteiger partial charge < -0.3 is 19.7 Å². The third kappa shape index (κ3) is 3.25. The molecule has 0 atom stereocenters. The van der Waals surface area contributed by atoms with Crippen molar-refractivity contribution in [3.8, 4) is 11.5 Å². The second kappa shape index (κ2) is 6.83. The molecule has 0 spiro atoms. The molecule has 1 saturated carbocycles. The number of nitrogens with two attached hydrogens (primary N) is 1. The molecule has 6 nitrogen and oxygen atoms in total. The van der Waals surface area contributed by atoms with E-state index in [1.165, 1.54) is 0 Å². The van der Waals surface area contributed by atoms with Gasteiger partial charge >= 0.3 is 0 Å². The molecule has 1 aromatic carbocycles. The summed E-state index contributed by atoms with van der Waals surface area (Å²) in [6.07, 6.45) is 7.53. The van der Waals surface area contributed by atoms with E-state index in [1.54, 1.807) is 26.4 Å². The monoisotopic (exact) mass is 349 g/mol. The van der Waals surface area contributed by atoms with E-state index in [1.807, 2.05) is 12.1 Å². The predicted octanol–water partition coefficient (Wildman–Crippen LogP) is 3.64. The second-order valence-corrected chi connectivity index (χ2v) is 6.30. The average molecular weight is 350 g/mol. The molecule has 3 rings (SSSR count). The first-order valence-corrected chi connectivity index (χ1v) is 8.16. The lowest BCUT2D eigenvalue weighted by molar-refractivity contribution is 0.355. The van der Waals surface area contributed by atoms with Gasteiger partial charge in [-0.1, -0.05) is 29.6 Å². The van der Waals surface area contributed by atoms with Crippen LogP contribution in [0.1, 0.15) is 43.0 Å². The molecule has 7 heteroatoms. The van der Waals surface area contributed by atoms with Gasteiger partial charge in [-0.15, -0.1) is 0 Å². The molecule has 0 unspecified atom stereocenters. The zero-order valence-electron chi connectivity index (χ0n) is 13.7. The molecule has 24 heavy (non-hydrogen) atoms. The molecule has 0 aliphatic heterocycles. The van der Waals surface area contributed by atoms with Crippen LogP contribution in [-0.2, 0) is 5.54 Å². The number of methoxy groups -OCH3 is 2. The van der Waals surface area contributed by atoms with Crippen LogP contribution in [0.3, 0.4) is 0 Å². The maximum absolute atomic E-state index is 6.33. The van der Waals surface area contributed by atoms with Crippen molar-refractivity contribution in [2.75, 3.05) is 14.2 Å². The van der Waals surface area contributed by atoms with Gasteiger partial charge in [0.15, 0.2) is 17.3 Å². The SMILES string of the molecule is COc1cc(/C=C/c2nc(C3(N)CCCC3)no2)cc(Cl)c1OC. The van der Waals surface area contributed by atoms with Crippen LogP contribution in [0.15, 0.2) is 16.7 Å². The largest absolute Gasteiger partial charge is 0.493 e. The molecule has 1 aliphatic rings. The number of nitrogens with zero attached hydrogens (tertiary/aromatic N) is 2. The summed E-state index contributed by atoms with van der Waals surface area (Å²) in [4.78, 5) is 4.40. The first kappa shape index (κ1) is 16.8. The van der Waals surface area contributed by atoms with Crippen LogP contribution >= 0.6 is 11.6 Å². The van der Waals surface area contributed by atoms with Crippen LogP contribution in [-0.4, -0.2) is 24.4 Å². The number of rotatable bonds is 5. The standard InChI is InChI=1S/C17H20ClN3O3/c1-22-13-10-11(9-12(18)15(13)23-2)5-6-14-20-16(21-24-14)17(19)7-3-4-8-17/h5-6,9-10H,3-4,7-8,19H2,1-2H3/b6-5+. The normalized spacial score (nSPS) is 16.7. The summed E-state index contributed by atoms with van der Waals surface area (Å²) >= 11 is 6.20. The fourth-order valence-corrected chi connectivity index (χ4v) is 3.23. The van der Waals surface area contributed by atoms with Crippen LogP contribution in [0.4, 0.5) is 0 Å². The third-order valence-corrected chi connectivity index (χ3v) is 4.54. The van der Waals surface area contributed by atoms with Crippen molar-refractivity contribution in [2.45, 2.75) is 31.2 Å². The van der Waals surface area contributed by atoms with E-state index >= 15 is 0 Å². The summed E-state index contributed by atoms with van der Waals surface area (Å²) in [5.41, 5.74) is 6.71. The van der Waals surface area contributed by atoms with E-state index in [2.05, 4.69) is 10.1 Å². The average Bonchev–Trinajstić information content (AvgIpc) is 3.22. The zero-order valence-corrected chi connectivity index (χ0v) is 14.5. The summed E-state index contributed by atoms with van der Waals surface area (Å²) in [5.74, 6) is 2.04. The lowest BCUT2D eigenvalue weighted by atomic mass is 9.99. The Morgan fingerprint density at radius 1 is 1.21 bits per heavy atom. The van der Waals surface area contributed by atoms with E-state index in [-0.39, 0.29) is 0 Å². The maximum Gasteiger partial charge on any atom is 0.250 e. The smallest absolute Gasteiger partial charge is 0.250 e. The molecular formula is C17H20ClN3O3. The third-order valence-electron chi connectivity index (χ3n) is 4.26. The van der Waals surface area contributed by atoms with Crippen molar-refractivity contribution in [3.63, 3.8) is 0 Å². The topological polar surface area (TPSA) is 83.4 Å². The van der Waals surface area contributed by atoms with Crippen molar-refractivity contribution in [2.24, 2.45) is 5.73 Å². The summed E-state index contributed by atoms with van der Waals surface area (Å²) in [6.45, 7) is 0. The van der Waals surface area contributed by atoms with Crippen molar-refractivity contribution in [1.82, 2.24) is 10.1 Å². The van der Waals surface area contributed by atoms with Gasteiger partial charge in [-0.05, 0) is 36.6 Å². The Morgan fingerprint density at radius 2 is 1.96 bits per heavy atom. The molecule has 0 radical (unpaired) electrons. The maximum atomic E-state index is 6.33. The van der Waals surface area contributed by atoms with Gasteiger partial charge in [-0.2, -0.15) is 4.98 Å². The Morgan fingerprint density at radius 3 is 2.62 bits per heavy atom. The molecule has 0 saturated heterocycles. The minimum absolute atomic E-state index is 0.410. The van der Waals surface area contributed by atoms with Gasteiger partial charge in [-0.3, -0.25) is 0 Å². The first-order valence-electron chi connectivity index (χ1n) is 7.78. The quantitative estimate of drug-likeness (QED) is 0.887. The molecule has 0 bridgehead atoms. The summed E-state index contributed by atoms with van der Waals surface area (Å²) < 4.78 is 15.8. The van der Waals surface area contributed by atoms with Crippen LogP contribution < -0.4 is 15.2 Å². The molecule has 2 aromatic rings. The number of benzene rings is 1. The lowest BCUT2D eigenvalue weighted by Crippen LogP contribution is -2.34. The zero-order chi connectivity index (χ0) is 17.2. The minimum atomic E-state index is -0.456. The fraction of sp³-hybridized carbons (Fsp3) is 0.412. The second-order valence-electron chi connectivity index (χ2n) is 5.89. The fourth-order valence-electron chi connectivity index (χ4n) is 2.94. The molecule has 128 valence electrons. The highest BCUT2D eigenvalue weighted by atomic mass is 35.5. The number of ether oxygens (including phenoxy) is 2. The number of hydrogen-bond acceptors (Lipinski definition) is 6. The van der Waals surface area contributed by atoms with E-state index in [0.29, 0.717) is 28.2 Å². The van der Waals surface area contributed by atoms with Crippen molar-refractivity contribution in [3.05, 3.63) is 34.4 Å². The number of aromatic nitrogens is 2. The summed E-state index contributed by atoms with van der Waals surface area (Å²) in [5, 5.41) is 4.49.